The lowest BCUT2D eigenvalue weighted by molar-refractivity contribution is -0.119. The van der Waals surface area contributed by atoms with Crippen LogP contribution in [-0.2, 0) is 4.79 Å². The van der Waals surface area contributed by atoms with Crippen molar-refractivity contribution < 1.29 is 9.90 Å². The van der Waals surface area contributed by atoms with Crippen LogP contribution in [0.5, 0.6) is 0 Å². The molecule has 2 saturated carbocycles. The summed E-state index contributed by atoms with van der Waals surface area (Å²) in [5.41, 5.74) is 4.11. The maximum atomic E-state index is 11.7. The topological polar surface area (TPSA) is 37.3 Å². The highest BCUT2D eigenvalue weighted by molar-refractivity contribution is 5.93. The van der Waals surface area contributed by atoms with Crippen LogP contribution in [0.4, 0.5) is 0 Å². The van der Waals surface area contributed by atoms with Crippen LogP contribution in [0.25, 0.3) is 0 Å². The molecule has 0 amide bonds. The Labute approximate surface area is 140 Å². The van der Waals surface area contributed by atoms with Gasteiger partial charge in [-0.3, -0.25) is 4.79 Å². The van der Waals surface area contributed by atoms with Crippen molar-refractivity contribution >= 4 is 5.78 Å². The van der Waals surface area contributed by atoms with Gasteiger partial charge < -0.3 is 5.11 Å². The number of fused-ring (bicyclic) bond motifs is 4. The number of hydrogen-bond acceptors (Lipinski definition) is 2. The molecule has 0 aliphatic heterocycles. The average Bonchev–Trinajstić information content (AvgIpc) is 2.80. The van der Waals surface area contributed by atoms with E-state index in [4.69, 9.17) is 0 Å². The van der Waals surface area contributed by atoms with Crippen molar-refractivity contribution in [2.75, 3.05) is 0 Å². The molecule has 4 rings (SSSR count). The summed E-state index contributed by atoms with van der Waals surface area (Å²) in [6.45, 7) is 6.74. The fourth-order valence-electron chi connectivity index (χ4n) is 6.53. The largest absolute Gasteiger partial charge is 0.389 e. The zero-order valence-corrected chi connectivity index (χ0v) is 14.8. The van der Waals surface area contributed by atoms with Gasteiger partial charge in [0.05, 0.1) is 5.60 Å². The quantitative estimate of drug-likeness (QED) is 0.769. The average molecular weight is 314 g/mol. The Bertz CT molecular complexity index is 611. The Morgan fingerprint density at radius 3 is 2.65 bits per heavy atom. The van der Waals surface area contributed by atoms with Gasteiger partial charge in [0.25, 0.3) is 0 Å². The number of carbonyl (C=O) groups is 1. The smallest absolute Gasteiger partial charge is 0.156 e. The Hall–Kier alpha value is -0.890. The van der Waals surface area contributed by atoms with Gasteiger partial charge in [-0.15, -0.1) is 0 Å². The van der Waals surface area contributed by atoms with E-state index in [-0.39, 0.29) is 5.41 Å². The highest BCUT2D eigenvalue weighted by Gasteiger charge is 2.61. The molecule has 23 heavy (non-hydrogen) atoms. The monoisotopic (exact) mass is 314 g/mol. The van der Waals surface area contributed by atoms with Crippen molar-refractivity contribution in [1.29, 1.82) is 0 Å². The van der Waals surface area contributed by atoms with E-state index < -0.39 is 5.60 Å². The van der Waals surface area contributed by atoms with Crippen molar-refractivity contribution in [2.45, 2.75) is 77.7 Å². The predicted octanol–water partition coefficient (Wildman–Crippen LogP) is 4.58. The van der Waals surface area contributed by atoms with Crippen LogP contribution < -0.4 is 0 Å². The summed E-state index contributed by atoms with van der Waals surface area (Å²) in [4.78, 5) is 11.7. The molecule has 0 bridgehead atoms. The maximum Gasteiger partial charge on any atom is 0.156 e. The van der Waals surface area contributed by atoms with E-state index in [0.717, 1.165) is 32.1 Å². The zero-order chi connectivity index (χ0) is 16.4. The summed E-state index contributed by atoms with van der Waals surface area (Å²) in [7, 11) is 0. The molecule has 4 atom stereocenters. The number of carbonyl (C=O) groups excluding carboxylic acids is 1. The molecule has 0 aromatic carbocycles. The summed E-state index contributed by atoms with van der Waals surface area (Å²) >= 11 is 0. The lowest BCUT2D eigenvalue weighted by atomic mass is 9.53. The Balaban J connectivity index is 1.73. The third-order valence-electron chi connectivity index (χ3n) is 7.90. The van der Waals surface area contributed by atoms with E-state index in [1.54, 1.807) is 5.57 Å². The van der Waals surface area contributed by atoms with Crippen LogP contribution in [0.2, 0.25) is 0 Å². The third kappa shape index (κ3) is 2.00. The fraction of sp³-hybridized carbons (Fsp3) is 0.762. The summed E-state index contributed by atoms with van der Waals surface area (Å²) in [5.74, 6) is 1.93. The molecular weight excluding hydrogens is 284 g/mol. The summed E-state index contributed by atoms with van der Waals surface area (Å²) < 4.78 is 0. The SMILES string of the molecule is CC(C)[C@]1(O)CC[C@H]2[C@@H]3CCC4=CC(=O)CCC4=C3CC[C@@]21C. The van der Waals surface area contributed by atoms with Gasteiger partial charge in [0.15, 0.2) is 5.78 Å². The van der Waals surface area contributed by atoms with E-state index in [1.807, 2.05) is 6.08 Å². The van der Waals surface area contributed by atoms with Crippen molar-refractivity contribution in [1.82, 2.24) is 0 Å². The number of ketones is 1. The second kappa shape index (κ2) is 5.05. The molecule has 0 heterocycles. The first kappa shape index (κ1) is 15.6. The van der Waals surface area contributed by atoms with E-state index in [2.05, 4.69) is 20.8 Å². The van der Waals surface area contributed by atoms with Gasteiger partial charge in [0.2, 0.25) is 0 Å². The van der Waals surface area contributed by atoms with Crippen molar-refractivity contribution in [3.8, 4) is 0 Å². The molecule has 2 heteroatoms. The first-order chi connectivity index (χ1) is 10.9. The number of allylic oxidation sites excluding steroid dienone is 4. The molecule has 0 radical (unpaired) electrons. The second-order valence-electron chi connectivity index (χ2n) is 8.93. The fourth-order valence-corrected chi connectivity index (χ4v) is 6.53. The van der Waals surface area contributed by atoms with Gasteiger partial charge in [-0.1, -0.05) is 26.3 Å². The van der Waals surface area contributed by atoms with Gasteiger partial charge >= 0.3 is 0 Å². The summed E-state index contributed by atoms with van der Waals surface area (Å²) in [6.07, 6.45) is 10.2. The zero-order valence-electron chi connectivity index (χ0n) is 14.8. The van der Waals surface area contributed by atoms with Crippen LogP contribution in [0.3, 0.4) is 0 Å². The van der Waals surface area contributed by atoms with Crippen LogP contribution >= 0.6 is 0 Å². The molecule has 0 aromatic heterocycles. The lowest BCUT2D eigenvalue weighted by Gasteiger charge is -2.53. The first-order valence-electron chi connectivity index (χ1n) is 9.55. The molecule has 4 aliphatic carbocycles. The van der Waals surface area contributed by atoms with Gasteiger partial charge in [-0.05, 0) is 79.9 Å². The minimum Gasteiger partial charge on any atom is -0.389 e. The molecule has 126 valence electrons. The van der Waals surface area contributed by atoms with Crippen LogP contribution in [0.15, 0.2) is 22.8 Å². The standard InChI is InChI=1S/C21H30O2/c1-13(2)21(23)11-9-19-18-6-4-14-12-15(22)5-7-16(14)17(18)8-10-20(19,21)3/h12-13,18-19,23H,4-11H2,1-3H3/t18-,19+,20+,21-/m1/s1. The Morgan fingerprint density at radius 1 is 1.13 bits per heavy atom. The first-order valence-corrected chi connectivity index (χ1v) is 9.55. The highest BCUT2D eigenvalue weighted by atomic mass is 16.3. The summed E-state index contributed by atoms with van der Waals surface area (Å²) in [5, 5.41) is 11.4. The Morgan fingerprint density at radius 2 is 1.91 bits per heavy atom. The molecule has 0 spiro atoms. The normalized spacial score (nSPS) is 43.2. The second-order valence-corrected chi connectivity index (χ2v) is 8.93. The molecule has 1 N–H and O–H groups in total. The summed E-state index contributed by atoms with van der Waals surface area (Å²) in [6, 6.07) is 0. The van der Waals surface area contributed by atoms with Crippen LogP contribution in [0.1, 0.15) is 72.1 Å². The van der Waals surface area contributed by atoms with Crippen molar-refractivity contribution in [3.05, 3.63) is 22.8 Å². The third-order valence-corrected chi connectivity index (χ3v) is 7.90. The minimum absolute atomic E-state index is 0.0710. The number of aliphatic hydroxyl groups is 1. The van der Waals surface area contributed by atoms with Crippen LogP contribution in [-0.4, -0.2) is 16.5 Å². The molecule has 0 unspecified atom stereocenters. The molecule has 4 aliphatic rings. The van der Waals surface area contributed by atoms with Gasteiger partial charge in [0, 0.05) is 11.8 Å². The Kier molecular flexibility index (Phi) is 3.43. The molecular formula is C21H30O2. The predicted molar refractivity (Wildman–Crippen MR) is 91.9 cm³/mol. The lowest BCUT2D eigenvalue weighted by Crippen LogP contribution is -2.52. The minimum atomic E-state index is -0.494. The van der Waals surface area contributed by atoms with E-state index in [9.17, 15) is 9.90 Å². The van der Waals surface area contributed by atoms with E-state index in [1.165, 1.54) is 24.0 Å². The number of rotatable bonds is 1. The number of hydrogen-bond donors (Lipinski definition) is 1. The van der Waals surface area contributed by atoms with Crippen LogP contribution in [0, 0.1) is 23.2 Å². The van der Waals surface area contributed by atoms with E-state index in [0.29, 0.717) is 30.0 Å². The highest BCUT2D eigenvalue weighted by Crippen LogP contribution is 2.65. The maximum absolute atomic E-state index is 11.7. The van der Waals surface area contributed by atoms with Gasteiger partial charge in [-0.2, -0.15) is 0 Å². The molecule has 0 aromatic rings. The molecule has 2 fully saturated rings. The van der Waals surface area contributed by atoms with Gasteiger partial charge in [-0.25, -0.2) is 0 Å². The molecule has 2 nitrogen and oxygen atoms in total. The molecule has 0 saturated heterocycles. The van der Waals surface area contributed by atoms with Crippen molar-refractivity contribution in [2.24, 2.45) is 23.2 Å². The van der Waals surface area contributed by atoms with Crippen molar-refractivity contribution in [3.63, 3.8) is 0 Å². The van der Waals surface area contributed by atoms with E-state index >= 15 is 0 Å². The van der Waals surface area contributed by atoms with Gasteiger partial charge in [0.1, 0.15) is 0 Å².